The van der Waals surface area contributed by atoms with E-state index in [1.54, 1.807) is 10.8 Å². The Kier molecular flexibility index (Phi) is 8.06. The van der Waals surface area contributed by atoms with Gasteiger partial charge < -0.3 is 15.0 Å². The number of aromatic nitrogens is 1. The Morgan fingerprint density at radius 1 is 1.29 bits per heavy atom. The molecular weight excluding hydrogens is 494 g/mol. The van der Waals surface area contributed by atoms with Gasteiger partial charge in [0, 0.05) is 31.5 Å². The molecule has 0 unspecified atom stereocenters. The van der Waals surface area contributed by atoms with Crippen molar-refractivity contribution in [1.82, 2.24) is 9.47 Å². The van der Waals surface area contributed by atoms with E-state index >= 15 is 0 Å². The molecule has 1 N–H and O–H groups in total. The fourth-order valence-corrected chi connectivity index (χ4v) is 7.11. The number of hydrogen-bond donors (Lipinski definition) is 1. The van der Waals surface area contributed by atoms with E-state index in [0.717, 1.165) is 30.5 Å². The molecule has 0 bridgehead atoms. The molecule has 0 radical (unpaired) electrons. The molecule has 1 aromatic carbocycles. The number of hydrogen-bond acceptors (Lipinski definition) is 7. The zero-order valence-corrected chi connectivity index (χ0v) is 23.6. The minimum atomic E-state index is -0.375. The maximum atomic E-state index is 13.1. The van der Waals surface area contributed by atoms with Crippen LogP contribution in [0.4, 0.5) is 5.69 Å². The molecule has 1 aliphatic carbocycles. The number of rotatable bonds is 7. The smallest absolute Gasteiger partial charge is 0.270 e. The summed E-state index contributed by atoms with van der Waals surface area (Å²) in [6.07, 6.45) is 9.83. The van der Waals surface area contributed by atoms with E-state index in [1.165, 1.54) is 62.1 Å². The third kappa shape index (κ3) is 5.89. The van der Waals surface area contributed by atoms with Crippen molar-refractivity contribution in [3.8, 4) is 6.07 Å². The summed E-state index contributed by atoms with van der Waals surface area (Å²) in [5.41, 5.74) is 2.08. The van der Waals surface area contributed by atoms with Crippen molar-refractivity contribution in [1.29, 1.82) is 5.26 Å². The second kappa shape index (κ2) is 11.5. The monoisotopic (exact) mass is 533 g/mol. The first-order chi connectivity index (χ1) is 18.4. The van der Waals surface area contributed by atoms with Crippen LogP contribution in [0.25, 0.3) is 11.8 Å². The van der Waals surface area contributed by atoms with Gasteiger partial charge in [-0.05, 0) is 76.1 Å². The summed E-state index contributed by atoms with van der Waals surface area (Å²) in [5, 5.41) is 13.2. The average molecular weight is 534 g/mol. The number of nitrogens with zero attached hydrogens (tertiary/aromatic N) is 4. The van der Waals surface area contributed by atoms with Crippen LogP contribution in [0, 0.1) is 23.2 Å². The highest BCUT2D eigenvalue weighted by Crippen LogP contribution is 2.36. The number of aliphatic imine (C=N–C) groups is 1. The van der Waals surface area contributed by atoms with Gasteiger partial charge in [0.15, 0.2) is 0 Å². The number of thiazole rings is 1. The van der Waals surface area contributed by atoms with Crippen molar-refractivity contribution in [2.75, 3.05) is 31.6 Å². The molecule has 2 aliphatic heterocycles. The Balaban J connectivity index is 1.31. The first kappa shape index (κ1) is 26.7. The van der Waals surface area contributed by atoms with Crippen LogP contribution in [0.3, 0.4) is 0 Å². The van der Waals surface area contributed by atoms with E-state index in [2.05, 4.69) is 39.5 Å². The Morgan fingerprint density at radius 2 is 2.11 bits per heavy atom. The van der Waals surface area contributed by atoms with Gasteiger partial charge in [0.1, 0.15) is 27.4 Å². The number of likely N-dealkylation sites (tertiary alicyclic amines) is 1. The van der Waals surface area contributed by atoms with Crippen molar-refractivity contribution < 1.29 is 4.74 Å². The SMILES string of the molecule is CCn1c(=C(C#N)C2=NC(C)(C)CO2)sc(=CNc2cccc(CCN3CC[C@H]4CCCC[C@@H]4C3)c2)c1=O. The quantitative estimate of drug-likeness (QED) is 0.587. The highest BCUT2D eigenvalue weighted by molar-refractivity contribution is 7.07. The van der Waals surface area contributed by atoms with Crippen LogP contribution in [-0.2, 0) is 17.7 Å². The highest BCUT2D eigenvalue weighted by atomic mass is 32.1. The van der Waals surface area contributed by atoms with Gasteiger partial charge >= 0.3 is 0 Å². The lowest BCUT2D eigenvalue weighted by Crippen LogP contribution is -2.42. The fraction of sp³-hybridized carbons (Fsp3) is 0.567. The molecule has 202 valence electrons. The van der Waals surface area contributed by atoms with E-state index in [-0.39, 0.29) is 11.1 Å². The number of nitriles is 1. The lowest BCUT2D eigenvalue weighted by Gasteiger charge is -2.41. The second-order valence-corrected chi connectivity index (χ2v) is 12.5. The zero-order chi connectivity index (χ0) is 26.7. The zero-order valence-electron chi connectivity index (χ0n) is 22.8. The molecule has 8 heteroatoms. The first-order valence-corrected chi connectivity index (χ1v) is 14.8. The molecule has 1 saturated carbocycles. The topological polar surface area (TPSA) is 82.7 Å². The summed E-state index contributed by atoms with van der Waals surface area (Å²) in [6, 6.07) is 10.7. The van der Waals surface area contributed by atoms with Gasteiger partial charge in [0.05, 0.1) is 5.54 Å². The lowest BCUT2D eigenvalue weighted by atomic mass is 9.75. The van der Waals surface area contributed by atoms with Gasteiger partial charge in [0.2, 0.25) is 5.90 Å². The molecular formula is C30H39N5O2S. The summed E-state index contributed by atoms with van der Waals surface area (Å²) in [7, 11) is 0. The summed E-state index contributed by atoms with van der Waals surface area (Å²) in [6.45, 7) is 10.3. The van der Waals surface area contributed by atoms with E-state index in [4.69, 9.17) is 4.74 Å². The third-order valence-corrected chi connectivity index (χ3v) is 9.25. The van der Waals surface area contributed by atoms with Crippen molar-refractivity contribution in [2.24, 2.45) is 16.8 Å². The van der Waals surface area contributed by atoms with E-state index in [0.29, 0.717) is 33.8 Å². The first-order valence-electron chi connectivity index (χ1n) is 14.0. The molecule has 3 aliphatic rings. The van der Waals surface area contributed by atoms with Crippen molar-refractivity contribution >= 4 is 34.7 Å². The number of anilines is 1. The Bertz CT molecular complexity index is 1410. The van der Waals surface area contributed by atoms with E-state index < -0.39 is 0 Å². The van der Waals surface area contributed by atoms with Crippen LogP contribution in [0.2, 0.25) is 0 Å². The number of fused-ring (bicyclic) bond motifs is 1. The van der Waals surface area contributed by atoms with Gasteiger partial charge in [-0.2, -0.15) is 5.26 Å². The van der Waals surface area contributed by atoms with E-state index in [9.17, 15) is 10.1 Å². The molecule has 1 aromatic heterocycles. The van der Waals surface area contributed by atoms with Gasteiger partial charge in [-0.25, -0.2) is 4.99 Å². The van der Waals surface area contributed by atoms with Gasteiger partial charge in [-0.15, -0.1) is 11.3 Å². The maximum absolute atomic E-state index is 13.1. The molecule has 0 amide bonds. The Morgan fingerprint density at radius 3 is 2.84 bits per heavy atom. The van der Waals surface area contributed by atoms with Gasteiger partial charge in [-0.1, -0.05) is 31.4 Å². The van der Waals surface area contributed by atoms with Crippen LogP contribution in [0.15, 0.2) is 34.1 Å². The molecule has 5 rings (SSSR count). The summed E-state index contributed by atoms with van der Waals surface area (Å²) in [4.78, 5) is 20.4. The summed E-state index contributed by atoms with van der Waals surface area (Å²) >= 11 is 1.30. The van der Waals surface area contributed by atoms with Crippen molar-refractivity contribution in [3.63, 3.8) is 0 Å². The summed E-state index contributed by atoms with van der Waals surface area (Å²) < 4.78 is 8.47. The molecule has 7 nitrogen and oxygen atoms in total. The third-order valence-electron chi connectivity index (χ3n) is 8.12. The standard InChI is InChI=1S/C30H39N5O2S/c1-4-35-28(36)26(38-29(35)25(17-31)27-33-30(2,3)20-37-27)18-32-24-11-7-8-21(16-24)12-14-34-15-13-22-9-5-6-10-23(22)19-34/h7-8,11,16,18,22-23,32H,4-6,9-10,12-15,19-20H2,1-3H3/t22-,23-/m1/s1. The fourth-order valence-electron chi connectivity index (χ4n) is 6.02. The largest absolute Gasteiger partial charge is 0.474 e. The predicted octanol–water partition coefficient (Wildman–Crippen LogP) is 3.72. The van der Waals surface area contributed by atoms with Crippen LogP contribution >= 0.6 is 11.3 Å². The van der Waals surface area contributed by atoms with Crippen molar-refractivity contribution in [3.05, 3.63) is 49.4 Å². The van der Waals surface area contributed by atoms with Gasteiger partial charge in [0.25, 0.3) is 5.56 Å². The number of piperidine rings is 1. The number of benzene rings is 1. The highest BCUT2D eigenvalue weighted by Gasteiger charge is 2.31. The average Bonchev–Trinajstić information content (AvgIpc) is 3.44. The van der Waals surface area contributed by atoms with E-state index in [1.807, 2.05) is 26.8 Å². The Labute approximate surface area is 229 Å². The van der Waals surface area contributed by atoms with Gasteiger partial charge in [-0.3, -0.25) is 9.36 Å². The molecule has 2 fully saturated rings. The van der Waals surface area contributed by atoms with Crippen LogP contribution in [0.5, 0.6) is 0 Å². The van der Waals surface area contributed by atoms with Crippen LogP contribution < -0.4 is 20.1 Å². The number of nitrogens with one attached hydrogen (secondary N) is 1. The lowest BCUT2D eigenvalue weighted by molar-refractivity contribution is 0.0878. The molecule has 2 atom stereocenters. The minimum Gasteiger partial charge on any atom is -0.474 e. The van der Waals surface area contributed by atoms with Crippen molar-refractivity contribution in [2.45, 2.75) is 71.4 Å². The Hall–Kier alpha value is -2.89. The molecule has 1 saturated heterocycles. The second-order valence-electron chi connectivity index (χ2n) is 11.5. The summed E-state index contributed by atoms with van der Waals surface area (Å²) in [5.74, 6) is 2.19. The van der Waals surface area contributed by atoms with Crippen LogP contribution in [0.1, 0.15) is 58.4 Å². The normalized spacial score (nSPS) is 24.3. The molecule has 3 heterocycles. The number of ether oxygens (including phenoxy) is 1. The minimum absolute atomic E-state index is 0.118. The molecule has 0 spiro atoms. The van der Waals surface area contributed by atoms with Crippen LogP contribution in [-0.4, -0.2) is 47.1 Å². The predicted molar refractivity (Wildman–Crippen MR) is 155 cm³/mol. The molecule has 38 heavy (non-hydrogen) atoms. The maximum Gasteiger partial charge on any atom is 0.270 e. The molecule has 2 aromatic rings.